The lowest BCUT2D eigenvalue weighted by molar-refractivity contribution is -0.125. The molecule has 0 heterocycles. The second kappa shape index (κ2) is 15.2. The molecule has 3 aromatic rings. The van der Waals surface area contributed by atoms with Crippen molar-refractivity contribution in [1.82, 2.24) is 10.6 Å². The van der Waals surface area contributed by atoms with Gasteiger partial charge < -0.3 is 24.4 Å². The lowest BCUT2D eigenvalue weighted by Gasteiger charge is -2.29. The Kier molecular flexibility index (Phi) is 12.1. The van der Waals surface area contributed by atoms with Crippen LogP contribution in [0, 0.1) is 6.92 Å². The number of rotatable bonds is 15. The number of carbonyl (C=O) groups excluding carboxylic acids is 2. The van der Waals surface area contributed by atoms with Gasteiger partial charge in [0.05, 0.1) is 5.02 Å². The molecule has 0 spiro atoms. The summed E-state index contributed by atoms with van der Waals surface area (Å²) in [6.07, 6.45) is 2.94. The van der Waals surface area contributed by atoms with Crippen molar-refractivity contribution in [2.24, 2.45) is 0 Å². The number of thioether (sulfide) groups is 1. The van der Waals surface area contributed by atoms with E-state index in [9.17, 15) is 14.2 Å². The quantitative estimate of drug-likeness (QED) is 0.134. The fourth-order valence-electron chi connectivity index (χ4n) is 3.63. The maximum Gasteiger partial charge on any atom is 0.453 e. The summed E-state index contributed by atoms with van der Waals surface area (Å²) in [4.78, 5) is 24.3. The third-order valence-electron chi connectivity index (χ3n) is 5.69. The number of hydrogen-bond donors (Lipinski definition) is 2. The Morgan fingerprint density at radius 3 is 2.40 bits per heavy atom. The molecule has 2 amide bonds. The molecule has 214 valence electrons. The summed E-state index contributed by atoms with van der Waals surface area (Å²) in [6, 6.07) is 17.6. The first kappa shape index (κ1) is 31.7. The average Bonchev–Trinajstić information content (AvgIpc) is 2.92. The van der Waals surface area contributed by atoms with Crippen molar-refractivity contribution in [3.63, 3.8) is 0 Å². The van der Waals surface area contributed by atoms with Crippen molar-refractivity contribution in [3.05, 3.63) is 82.3 Å². The van der Waals surface area contributed by atoms with Crippen LogP contribution in [0.15, 0.2) is 66.7 Å². The van der Waals surface area contributed by atoms with Crippen LogP contribution in [0.25, 0.3) is 0 Å². The molecule has 0 aromatic heterocycles. The van der Waals surface area contributed by atoms with Gasteiger partial charge in [0.15, 0.2) is 17.3 Å². The zero-order valence-electron chi connectivity index (χ0n) is 22.3. The highest BCUT2D eigenvalue weighted by Gasteiger charge is 2.41. The molecule has 0 aliphatic rings. The summed E-state index contributed by atoms with van der Waals surface area (Å²) in [6.45, 7) is 3.64. The van der Waals surface area contributed by atoms with Gasteiger partial charge in [0.2, 0.25) is 12.3 Å². The van der Waals surface area contributed by atoms with E-state index in [4.69, 9.17) is 37.0 Å². The molecule has 0 radical (unpaired) electrons. The van der Waals surface area contributed by atoms with Crippen LogP contribution in [0.5, 0.6) is 23.0 Å². The molecule has 0 fully saturated rings. The molecule has 0 aliphatic carbocycles. The van der Waals surface area contributed by atoms with Gasteiger partial charge in [0.25, 0.3) is 0 Å². The van der Waals surface area contributed by atoms with E-state index >= 15 is 0 Å². The first-order valence-electron chi connectivity index (χ1n) is 12.5. The molecule has 0 bridgehead atoms. The molecular formula is C28H31Cl2N2O6PS. The molecule has 0 saturated carbocycles. The number of amides is 2. The van der Waals surface area contributed by atoms with Crippen molar-refractivity contribution in [2.75, 3.05) is 12.0 Å². The highest BCUT2D eigenvalue weighted by molar-refractivity contribution is 7.98. The van der Waals surface area contributed by atoms with Gasteiger partial charge in [-0.2, -0.15) is 11.8 Å². The van der Waals surface area contributed by atoms with Gasteiger partial charge in [-0.05, 0) is 73.7 Å². The number of para-hydroxylation sites is 1. The number of benzene rings is 3. The molecule has 0 aliphatic heterocycles. The average molecular weight is 626 g/mol. The molecule has 40 heavy (non-hydrogen) atoms. The Morgan fingerprint density at radius 1 is 1.02 bits per heavy atom. The van der Waals surface area contributed by atoms with Crippen molar-refractivity contribution in [1.29, 1.82) is 0 Å². The summed E-state index contributed by atoms with van der Waals surface area (Å²) < 4.78 is 32.7. The van der Waals surface area contributed by atoms with Gasteiger partial charge in [-0.3, -0.25) is 9.59 Å². The first-order chi connectivity index (χ1) is 19.2. The monoisotopic (exact) mass is 624 g/mol. The van der Waals surface area contributed by atoms with E-state index in [1.165, 1.54) is 17.8 Å². The largest absolute Gasteiger partial charge is 0.453 e. The SMILES string of the molecule is CCC(NC(=O)[C@H](CCSC)NC=O)P(=O)(Oc1ccccc1)Oc1cc(Cl)ccc1Oc1ccc(C)cc1Cl. The second-order valence-electron chi connectivity index (χ2n) is 8.71. The summed E-state index contributed by atoms with van der Waals surface area (Å²) in [5.74, 6) is -0.114. The van der Waals surface area contributed by atoms with E-state index in [2.05, 4.69) is 10.6 Å². The maximum absolute atomic E-state index is 14.6. The van der Waals surface area contributed by atoms with Crippen LogP contribution in [-0.2, 0) is 14.2 Å². The fraction of sp³-hybridized carbons (Fsp3) is 0.286. The van der Waals surface area contributed by atoms with Crippen LogP contribution in [-0.4, -0.2) is 36.2 Å². The lowest BCUT2D eigenvalue weighted by Crippen LogP contribution is -2.48. The minimum atomic E-state index is -4.21. The molecule has 3 rings (SSSR count). The van der Waals surface area contributed by atoms with Gasteiger partial charge >= 0.3 is 7.60 Å². The summed E-state index contributed by atoms with van der Waals surface area (Å²) in [7, 11) is -4.21. The Bertz CT molecular complexity index is 1350. The highest BCUT2D eigenvalue weighted by Crippen LogP contribution is 2.55. The smallest absolute Gasteiger partial charge is 0.452 e. The van der Waals surface area contributed by atoms with E-state index in [0.717, 1.165) is 5.56 Å². The first-order valence-corrected chi connectivity index (χ1v) is 16.2. The highest BCUT2D eigenvalue weighted by atomic mass is 35.5. The van der Waals surface area contributed by atoms with E-state index in [0.29, 0.717) is 34.4 Å². The van der Waals surface area contributed by atoms with Crippen LogP contribution in [0.3, 0.4) is 0 Å². The van der Waals surface area contributed by atoms with Crippen molar-refractivity contribution < 1.29 is 27.9 Å². The Labute approximate surface area is 248 Å². The van der Waals surface area contributed by atoms with E-state index in [1.807, 2.05) is 19.2 Å². The van der Waals surface area contributed by atoms with Gasteiger partial charge in [-0.25, -0.2) is 4.57 Å². The maximum atomic E-state index is 14.6. The Morgan fingerprint density at radius 2 is 1.75 bits per heavy atom. The van der Waals surface area contributed by atoms with Crippen LogP contribution < -0.4 is 24.4 Å². The van der Waals surface area contributed by atoms with E-state index in [1.54, 1.807) is 61.5 Å². The van der Waals surface area contributed by atoms with Crippen LogP contribution >= 0.6 is 42.6 Å². The Balaban J connectivity index is 1.99. The Hall–Kier alpha value is -2.84. The van der Waals surface area contributed by atoms with Gasteiger partial charge in [0.1, 0.15) is 17.5 Å². The number of ether oxygens (including phenoxy) is 1. The van der Waals surface area contributed by atoms with Crippen LogP contribution in [0.1, 0.15) is 25.3 Å². The van der Waals surface area contributed by atoms with Crippen molar-refractivity contribution in [3.8, 4) is 23.0 Å². The predicted octanol–water partition coefficient (Wildman–Crippen LogP) is 7.47. The second-order valence-corrected chi connectivity index (χ2v) is 12.6. The third kappa shape index (κ3) is 8.83. The molecule has 2 N–H and O–H groups in total. The molecule has 0 saturated heterocycles. The topological polar surface area (TPSA) is 103 Å². The zero-order chi connectivity index (χ0) is 29.1. The standard InChI is InChI=1S/C28H31Cl2N2O6PS/c1-4-27(32-28(34)23(31-18-33)14-15-40-3)39(35,37-21-8-6-5-7-9-21)38-26-17-20(29)11-13-25(26)36-24-12-10-19(2)16-22(24)30/h5-13,16-18,23,27H,4,14-15H2,1-3H3,(H,31,33)(H,32,34)/t23-,27?,39?/m0/s1. The van der Waals surface area contributed by atoms with Crippen molar-refractivity contribution in [2.45, 2.75) is 38.5 Å². The van der Waals surface area contributed by atoms with Crippen LogP contribution in [0.2, 0.25) is 10.0 Å². The number of halogens is 2. The minimum absolute atomic E-state index is 0.0288. The van der Waals surface area contributed by atoms with E-state index in [-0.39, 0.29) is 23.7 Å². The van der Waals surface area contributed by atoms with Crippen LogP contribution in [0.4, 0.5) is 0 Å². The molecule has 3 atom stereocenters. The summed E-state index contributed by atoms with van der Waals surface area (Å²) >= 11 is 14.2. The third-order valence-corrected chi connectivity index (χ3v) is 9.04. The van der Waals surface area contributed by atoms with Gasteiger partial charge in [0, 0.05) is 11.1 Å². The fourth-order valence-corrected chi connectivity index (χ4v) is 6.40. The molecule has 12 heteroatoms. The number of nitrogens with one attached hydrogen (secondary N) is 2. The molecule has 2 unspecified atom stereocenters. The summed E-state index contributed by atoms with van der Waals surface area (Å²) in [5, 5.41) is 5.96. The summed E-state index contributed by atoms with van der Waals surface area (Å²) in [5.41, 5.74) is 0.951. The lowest BCUT2D eigenvalue weighted by atomic mass is 10.2. The predicted molar refractivity (Wildman–Crippen MR) is 161 cm³/mol. The minimum Gasteiger partial charge on any atom is -0.452 e. The molecule has 3 aromatic carbocycles. The normalized spacial score (nSPS) is 13.8. The number of carbonyl (C=O) groups is 2. The van der Waals surface area contributed by atoms with Gasteiger partial charge in [-0.1, -0.05) is 54.4 Å². The van der Waals surface area contributed by atoms with E-state index < -0.39 is 25.3 Å². The molecule has 8 nitrogen and oxygen atoms in total. The number of hydrogen-bond acceptors (Lipinski definition) is 7. The number of aryl methyl sites for hydroxylation is 1. The zero-order valence-corrected chi connectivity index (χ0v) is 25.5. The molecular weight excluding hydrogens is 594 g/mol. The van der Waals surface area contributed by atoms with Gasteiger partial charge in [-0.15, -0.1) is 0 Å². The van der Waals surface area contributed by atoms with Crippen molar-refractivity contribution >= 4 is 54.9 Å².